The number of aryl methyl sites for hydroxylation is 2. The van der Waals surface area contributed by atoms with E-state index in [2.05, 4.69) is 15.3 Å². The first-order valence-corrected chi connectivity index (χ1v) is 11.0. The third-order valence-electron chi connectivity index (χ3n) is 5.73. The molecule has 0 saturated carbocycles. The molecule has 8 heteroatoms. The molecular weight excluding hydrogens is 426 g/mol. The first-order valence-electron chi connectivity index (χ1n) is 10.6. The summed E-state index contributed by atoms with van der Waals surface area (Å²) in [4.78, 5) is 29.5. The zero-order valence-corrected chi connectivity index (χ0v) is 19.0. The summed E-state index contributed by atoms with van der Waals surface area (Å²) in [6, 6.07) is 15.2. The van der Waals surface area contributed by atoms with Crippen LogP contribution in [0.4, 0.5) is 11.4 Å². The van der Waals surface area contributed by atoms with Gasteiger partial charge in [-0.15, -0.1) is 0 Å². The van der Waals surface area contributed by atoms with E-state index < -0.39 is 0 Å². The zero-order chi connectivity index (χ0) is 22.7. The first kappa shape index (κ1) is 22.0. The number of amides is 1. The number of rotatable bonds is 5. The second-order valence-corrected chi connectivity index (χ2v) is 8.35. The minimum atomic E-state index is -0.342. The summed E-state index contributed by atoms with van der Waals surface area (Å²) in [5.74, 6) is -0.0268. The SMILES string of the molecule is Cc1cccc(C)c1NC(=O)CN1CCN(c2cnn(-c3ccccc3)c(=O)c2Cl)CC1. The van der Waals surface area contributed by atoms with Crippen molar-refractivity contribution in [3.63, 3.8) is 0 Å². The molecule has 4 rings (SSSR count). The summed E-state index contributed by atoms with van der Waals surface area (Å²) in [7, 11) is 0. The molecular formula is C24H26ClN5O2. The first-order chi connectivity index (χ1) is 15.4. The minimum absolute atomic E-state index is 0.0268. The summed E-state index contributed by atoms with van der Waals surface area (Å²) >= 11 is 6.43. The van der Waals surface area contributed by atoms with Crippen LogP contribution in [0.5, 0.6) is 0 Å². The lowest BCUT2D eigenvalue weighted by molar-refractivity contribution is -0.117. The van der Waals surface area contributed by atoms with Gasteiger partial charge in [0.25, 0.3) is 5.56 Å². The highest BCUT2D eigenvalue weighted by Crippen LogP contribution is 2.23. The predicted octanol–water partition coefficient (Wildman–Crippen LogP) is 3.26. The molecule has 1 saturated heterocycles. The normalized spacial score (nSPS) is 14.4. The van der Waals surface area contributed by atoms with Crippen molar-refractivity contribution in [2.45, 2.75) is 13.8 Å². The summed E-state index contributed by atoms with van der Waals surface area (Å²) in [6.45, 7) is 7.01. The van der Waals surface area contributed by atoms with Gasteiger partial charge in [0.2, 0.25) is 5.91 Å². The molecule has 0 atom stereocenters. The highest BCUT2D eigenvalue weighted by Gasteiger charge is 2.23. The molecule has 32 heavy (non-hydrogen) atoms. The Hall–Kier alpha value is -3.16. The zero-order valence-electron chi connectivity index (χ0n) is 18.2. The van der Waals surface area contributed by atoms with Gasteiger partial charge in [0.05, 0.1) is 24.1 Å². The maximum atomic E-state index is 12.7. The third kappa shape index (κ3) is 4.69. The molecule has 1 aliphatic heterocycles. The third-order valence-corrected chi connectivity index (χ3v) is 6.08. The Morgan fingerprint density at radius 1 is 1.00 bits per heavy atom. The maximum Gasteiger partial charge on any atom is 0.292 e. The number of hydrogen-bond acceptors (Lipinski definition) is 5. The van der Waals surface area contributed by atoms with Crippen LogP contribution in [0.15, 0.2) is 59.5 Å². The molecule has 0 spiro atoms. The molecule has 0 unspecified atom stereocenters. The second kappa shape index (κ2) is 9.54. The highest BCUT2D eigenvalue weighted by molar-refractivity contribution is 6.33. The van der Waals surface area contributed by atoms with Gasteiger partial charge in [0, 0.05) is 31.9 Å². The number of piperazine rings is 1. The van der Waals surface area contributed by atoms with E-state index in [9.17, 15) is 9.59 Å². The smallest absolute Gasteiger partial charge is 0.292 e. The molecule has 3 aromatic rings. The van der Waals surface area contributed by atoms with Gasteiger partial charge >= 0.3 is 0 Å². The van der Waals surface area contributed by atoms with Crippen molar-refractivity contribution < 1.29 is 4.79 Å². The van der Waals surface area contributed by atoms with Gasteiger partial charge in [0.15, 0.2) is 0 Å². The van der Waals surface area contributed by atoms with Gasteiger partial charge in [-0.25, -0.2) is 0 Å². The molecule has 166 valence electrons. The number of benzene rings is 2. The Kier molecular flexibility index (Phi) is 6.58. The van der Waals surface area contributed by atoms with E-state index in [0.29, 0.717) is 44.1 Å². The number of carbonyl (C=O) groups excluding carboxylic acids is 1. The van der Waals surface area contributed by atoms with Gasteiger partial charge in [-0.2, -0.15) is 9.78 Å². The standard InChI is InChI=1S/C24H26ClN5O2/c1-17-7-6-8-18(2)23(17)27-21(31)16-28-11-13-29(14-12-28)20-15-26-30(24(32)22(20)25)19-9-4-3-5-10-19/h3-10,15H,11-14,16H2,1-2H3,(H,27,31). The molecule has 0 radical (unpaired) electrons. The van der Waals surface area contributed by atoms with Crippen LogP contribution in [-0.4, -0.2) is 53.3 Å². The number of nitrogens with zero attached hydrogens (tertiary/aromatic N) is 4. The van der Waals surface area contributed by atoms with Crippen molar-refractivity contribution in [1.29, 1.82) is 0 Å². The molecule has 1 N–H and O–H groups in total. The van der Waals surface area contributed by atoms with Crippen LogP contribution in [0.1, 0.15) is 11.1 Å². The van der Waals surface area contributed by atoms with Gasteiger partial charge < -0.3 is 10.2 Å². The van der Waals surface area contributed by atoms with Gasteiger partial charge in [-0.3, -0.25) is 14.5 Å². The van der Waals surface area contributed by atoms with E-state index in [0.717, 1.165) is 16.8 Å². The molecule has 0 aliphatic carbocycles. The van der Waals surface area contributed by atoms with E-state index in [4.69, 9.17) is 11.6 Å². The van der Waals surface area contributed by atoms with Crippen molar-refractivity contribution in [1.82, 2.24) is 14.7 Å². The lowest BCUT2D eigenvalue weighted by atomic mass is 10.1. The van der Waals surface area contributed by atoms with Crippen molar-refractivity contribution in [2.75, 3.05) is 42.9 Å². The van der Waals surface area contributed by atoms with Crippen molar-refractivity contribution in [2.24, 2.45) is 0 Å². The summed E-state index contributed by atoms with van der Waals surface area (Å²) in [5, 5.41) is 7.51. The van der Waals surface area contributed by atoms with Crippen molar-refractivity contribution >= 4 is 28.9 Å². The fraction of sp³-hybridized carbons (Fsp3) is 0.292. The molecule has 1 amide bonds. The molecule has 2 heterocycles. The molecule has 2 aromatic carbocycles. The Morgan fingerprint density at radius 3 is 2.31 bits per heavy atom. The second-order valence-electron chi connectivity index (χ2n) is 7.97. The van der Waals surface area contributed by atoms with Crippen LogP contribution in [0.3, 0.4) is 0 Å². The van der Waals surface area contributed by atoms with Crippen molar-refractivity contribution in [3.05, 3.63) is 81.2 Å². The largest absolute Gasteiger partial charge is 0.366 e. The average Bonchev–Trinajstić information content (AvgIpc) is 2.79. The lowest BCUT2D eigenvalue weighted by Crippen LogP contribution is -2.49. The van der Waals surface area contributed by atoms with Gasteiger partial charge in [-0.1, -0.05) is 48.0 Å². The number of hydrogen-bond donors (Lipinski definition) is 1. The molecule has 1 fully saturated rings. The predicted molar refractivity (Wildman–Crippen MR) is 128 cm³/mol. The Bertz CT molecular complexity index is 1150. The van der Waals surface area contributed by atoms with Crippen molar-refractivity contribution in [3.8, 4) is 5.69 Å². The van der Waals surface area contributed by atoms with E-state index in [1.807, 2.05) is 67.3 Å². The van der Waals surface area contributed by atoms with E-state index in [-0.39, 0.29) is 16.5 Å². The van der Waals surface area contributed by atoms with Crippen LogP contribution in [0.25, 0.3) is 5.69 Å². The summed E-state index contributed by atoms with van der Waals surface area (Å²) < 4.78 is 1.31. The quantitative estimate of drug-likeness (QED) is 0.644. The fourth-order valence-corrected chi connectivity index (χ4v) is 4.19. The Labute approximate surface area is 192 Å². The minimum Gasteiger partial charge on any atom is -0.366 e. The average molecular weight is 452 g/mol. The van der Waals surface area contributed by atoms with Crippen LogP contribution in [0.2, 0.25) is 5.02 Å². The topological polar surface area (TPSA) is 70.5 Å². The number of para-hydroxylation sites is 2. The highest BCUT2D eigenvalue weighted by atomic mass is 35.5. The number of halogens is 1. The van der Waals surface area contributed by atoms with Crippen LogP contribution >= 0.6 is 11.6 Å². The van der Waals surface area contributed by atoms with Gasteiger partial charge in [-0.05, 0) is 37.1 Å². The maximum absolute atomic E-state index is 12.7. The number of carbonyl (C=O) groups is 1. The van der Waals surface area contributed by atoms with Gasteiger partial charge in [0.1, 0.15) is 5.02 Å². The van der Waals surface area contributed by atoms with Crippen LogP contribution in [-0.2, 0) is 4.79 Å². The number of anilines is 2. The lowest BCUT2D eigenvalue weighted by Gasteiger charge is -2.35. The molecule has 1 aromatic heterocycles. The van der Waals surface area contributed by atoms with Crippen LogP contribution in [0, 0.1) is 13.8 Å². The van der Waals surface area contributed by atoms with Crippen LogP contribution < -0.4 is 15.8 Å². The monoisotopic (exact) mass is 451 g/mol. The summed E-state index contributed by atoms with van der Waals surface area (Å²) in [5.41, 5.74) is 3.94. The molecule has 0 bridgehead atoms. The Morgan fingerprint density at radius 2 is 1.66 bits per heavy atom. The summed E-state index contributed by atoms with van der Waals surface area (Å²) in [6.07, 6.45) is 1.64. The van der Waals surface area contributed by atoms with E-state index >= 15 is 0 Å². The number of nitrogens with one attached hydrogen (secondary N) is 1. The van der Waals surface area contributed by atoms with E-state index in [1.54, 1.807) is 6.20 Å². The van der Waals surface area contributed by atoms with E-state index in [1.165, 1.54) is 4.68 Å². The Balaban J connectivity index is 1.38. The molecule has 7 nitrogen and oxygen atoms in total. The fourth-order valence-electron chi connectivity index (χ4n) is 3.94. The number of aromatic nitrogens is 2. The molecule has 1 aliphatic rings.